The number of nitrogens with zero attached hydrogens (tertiary/aromatic N) is 2. The van der Waals surface area contributed by atoms with Crippen molar-refractivity contribution in [3.8, 4) is 10.4 Å². The Morgan fingerprint density at radius 3 is 2.29 bits per heavy atom. The van der Waals surface area contributed by atoms with Crippen LogP contribution in [0.25, 0.3) is 10.4 Å². The number of Topliss-reactive ketones (excluding diaryl/α,β-unsaturated/α-hetero) is 1. The highest BCUT2D eigenvalue weighted by Crippen LogP contribution is 2.32. The molecule has 4 atom stereocenters. The summed E-state index contributed by atoms with van der Waals surface area (Å²) in [5.41, 5.74) is 1.48. The van der Waals surface area contributed by atoms with Gasteiger partial charge in [-0.15, -0.1) is 11.3 Å². The zero-order valence-electron chi connectivity index (χ0n) is 22.4. The number of aliphatic hydroxyl groups is 1. The first-order valence-electron chi connectivity index (χ1n) is 13.3. The highest BCUT2D eigenvalue weighted by Gasteiger charge is 2.52. The Labute approximate surface area is 228 Å². The Kier molecular flexibility index (Phi) is 8.67. The first kappa shape index (κ1) is 28.0. The van der Waals surface area contributed by atoms with Crippen molar-refractivity contribution < 1.29 is 24.3 Å². The van der Waals surface area contributed by atoms with E-state index in [-0.39, 0.29) is 36.0 Å². The molecule has 0 saturated carbocycles. The fourth-order valence-electron chi connectivity index (χ4n) is 5.46. The Morgan fingerprint density at radius 1 is 1.00 bits per heavy atom. The van der Waals surface area contributed by atoms with Gasteiger partial charge in [-0.05, 0) is 60.2 Å². The van der Waals surface area contributed by atoms with Crippen LogP contribution in [0.4, 0.5) is 0 Å². The van der Waals surface area contributed by atoms with Crippen LogP contribution in [0.5, 0.6) is 0 Å². The van der Waals surface area contributed by atoms with Crippen molar-refractivity contribution in [3.63, 3.8) is 0 Å². The second-order valence-corrected chi connectivity index (χ2v) is 12.1. The normalized spacial score (nSPS) is 20.7. The first-order valence-corrected chi connectivity index (χ1v) is 14.2. The van der Waals surface area contributed by atoms with Gasteiger partial charge in [-0.3, -0.25) is 19.2 Å². The van der Waals surface area contributed by atoms with Crippen LogP contribution in [0.2, 0.25) is 0 Å². The summed E-state index contributed by atoms with van der Waals surface area (Å²) in [5, 5.41) is 15.3. The maximum absolute atomic E-state index is 13.7. The summed E-state index contributed by atoms with van der Waals surface area (Å²) in [4.78, 5) is 56.8. The van der Waals surface area contributed by atoms with E-state index in [2.05, 4.69) is 5.32 Å². The number of nitrogens with one attached hydrogen (secondary N) is 1. The number of hydrogen-bond acceptors (Lipinski definition) is 6. The van der Waals surface area contributed by atoms with Crippen molar-refractivity contribution in [2.24, 2.45) is 11.8 Å². The minimum Gasteiger partial charge on any atom is -0.383 e. The molecule has 204 valence electrons. The molecule has 9 heteroatoms. The summed E-state index contributed by atoms with van der Waals surface area (Å²) < 4.78 is 0. The van der Waals surface area contributed by atoms with Crippen LogP contribution < -0.4 is 5.32 Å². The van der Waals surface area contributed by atoms with Gasteiger partial charge in [-0.25, -0.2) is 0 Å². The van der Waals surface area contributed by atoms with E-state index in [0.717, 1.165) is 10.4 Å². The Morgan fingerprint density at radius 2 is 1.68 bits per heavy atom. The molecule has 38 heavy (non-hydrogen) atoms. The van der Waals surface area contributed by atoms with Crippen molar-refractivity contribution in [1.29, 1.82) is 0 Å². The molecule has 0 spiro atoms. The monoisotopic (exact) mass is 539 g/mol. The molecule has 2 fully saturated rings. The van der Waals surface area contributed by atoms with Crippen LogP contribution in [0.15, 0.2) is 41.8 Å². The predicted molar refractivity (Wildman–Crippen MR) is 147 cm³/mol. The maximum atomic E-state index is 13.7. The standard InChI is InChI=1S/C29H37N3O5S/c1-17(2)14-21(30-27(35)20-9-7-19(8-10-20)25-6-5-13-38-25)28(36)31-12-11-22-26(31)24(34)16-32(22)29(37)23(33)15-18(3)4/h5-10,13,17-18,21-23,26,33H,11-12,14-16H2,1-4H3,(H,30,35). The summed E-state index contributed by atoms with van der Waals surface area (Å²) in [5.74, 6) is -1.04. The molecule has 0 radical (unpaired) electrons. The van der Waals surface area contributed by atoms with Gasteiger partial charge in [-0.1, -0.05) is 45.9 Å². The number of fused-ring (bicyclic) bond motifs is 1. The van der Waals surface area contributed by atoms with Crippen molar-refractivity contribution in [1.82, 2.24) is 15.1 Å². The van der Waals surface area contributed by atoms with Gasteiger partial charge >= 0.3 is 0 Å². The van der Waals surface area contributed by atoms with Crippen LogP contribution >= 0.6 is 11.3 Å². The highest BCUT2D eigenvalue weighted by atomic mass is 32.1. The summed E-state index contributed by atoms with van der Waals surface area (Å²) in [6, 6.07) is 9.30. The van der Waals surface area contributed by atoms with E-state index < -0.39 is 30.1 Å². The number of aliphatic hydroxyl groups excluding tert-OH is 1. The minimum atomic E-state index is -1.16. The number of hydrogen-bond donors (Lipinski definition) is 2. The molecule has 3 amide bonds. The summed E-state index contributed by atoms with van der Waals surface area (Å²) >= 11 is 1.62. The molecule has 8 nitrogen and oxygen atoms in total. The van der Waals surface area contributed by atoms with Gasteiger partial charge in [0.15, 0.2) is 5.78 Å². The van der Waals surface area contributed by atoms with Crippen LogP contribution in [-0.4, -0.2) is 75.7 Å². The summed E-state index contributed by atoms with van der Waals surface area (Å²) in [6.07, 6.45) is 0.0515. The molecule has 1 aromatic carbocycles. The second-order valence-electron chi connectivity index (χ2n) is 11.1. The predicted octanol–water partition coefficient (Wildman–Crippen LogP) is 3.35. The number of amides is 3. The van der Waals surface area contributed by atoms with E-state index >= 15 is 0 Å². The Balaban J connectivity index is 1.46. The molecule has 1 aromatic heterocycles. The lowest BCUT2D eigenvalue weighted by Gasteiger charge is -2.29. The summed E-state index contributed by atoms with van der Waals surface area (Å²) in [7, 11) is 0. The van der Waals surface area contributed by atoms with Crippen molar-refractivity contribution in [2.45, 2.75) is 71.2 Å². The number of rotatable bonds is 9. The smallest absolute Gasteiger partial charge is 0.252 e. The molecule has 2 aliphatic rings. The molecule has 3 heterocycles. The van der Waals surface area contributed by atoms with E-state index in [4.69, 9.17) is 0 Å². The van der Waals surface area contributed by atoms with Gasteiger partial charge in [0, 0.05) is 17.0 Å². The van der Waals surface area contributed by atoms with Gasteiger partial charge in [0.1, 0.15) is 18.2 Å². The number of likely N-dealkylation sites (tertiary alicyclic amines) is 2. The van der Waals surface area contributed by atoms with Gasteiger partial charge < -0.3 is 20.2 Å². The van der Waals surface area contributed by atoms with Gasteiger partial charge in [0.05, 0.1) is 12.6 Å². The van der Waals surface area contributed by atoms with Gasteiger partial charge in [-0.2, -0.15) is 0 Å². The average Bonchev–Trinajstić information content (AvgIpc) is 3.61. The number of carbonyl (C=O) groups excluding carboxylic acids is 4. The molecule has 4 rings (SSSR count). The third-order valence-corrected chi connectivity index (χ3v) is 8.15. The molecular weight excluding hydrogens is 502 g/mol. The highest BCUT2D eigenvalue weighted by molar-refractivity contribution is 7.13. The largest absolute Gasteiger partial charge is 0.383 e. The Hall–Kier alpha value is -3.04. The van der Waals surface area contributed by atoms with E-state index in [1.165, 1.54) is 9.80 Å². The first-order chi connectivity index (χ1) is 18.1. The lowest BCUT2D eigenvalue weighted by molar-refractivity contribution is -0.142. The van der Waals surface area contributed by atoms with E-state index in [0.29, 0.717) is 31.4 Å². The number of thiophene rings is 1. The van der Waals surface area contributed by atoms with Crippen LogP contribution in [-0.2, 0) is 14.4 Å². The quantitative estimate of drug-likeness (QED) is 0.508. The molecule has 0 bridgehead atoms. The van der Waals surface area contributed by atoms with Gasteiger partial charge in [0.25, 0.3) is 11.8 Å². The number of carbonyl (C=O) groups is 4. The molecule has 2 aliphatic heterocycles. The second kappa shape index (κ2) is 11.8. The number of benzene rings is 1. The zero-order valence-corrected chi connectivity index (χ0v) is 23.2. The maximum Gasteiger partial charge on any atom is 0.252 e. The van der Waals surface area contributed by atoms with Gasteiger partial charge in [0.2, 0.25) is 5.91 Å². The minimum absolute atomic E-state index is 0.106. The average molecular weight is 540 g/mol. The SMILES string of the molecule is CC(C)CC(O)C(=O)N1CC(=O)C2C1CCN2C(=O)C(CC(C)C)NC(=O)c1ccc(-c2cccs2)cc1. The fraction of sp³-hybridized carbons (Fsp3) is 0.517. The van der Waals surface area contributed by atoms with Crippen molar-refractivity contribution >= 4 is 34.8 Å². The molecule has 2 N–H and O–H groups in total. The zero-order chi connectivity index (χ0) is 27.6. The van der Waals surface area contributed by atoms with Crippen LogP contribution in [0.1, 0.15) is 57.3 Å². The Bertz CT molecular complexity index is 1160. The molecule has 2 aromatic rings. The van der Waals surface area contributed by atoms with E-state index in [9.17, 15) is 24.3 Å². The van der Waals surface area contributed by atoms with Crippen LogP contribution in [0, 0.1) is 11.8 Å². The third-order valence-electron chi connectivity index (χ3n) is 7.23. The van der Waals surface area contributed by atoms with E-state index in [1.54, 1.807) is 23.5 Å². The summed E-state index contributed by atoms with van der Waals surface area (Å²) in [6.45, 7) is 8.02. The molecule has 2 saturated heterocycles. The molecule has 0 aliphatic carbocycles. The van der Waals surface area contributed by atoms with E-state index in [1.807, 2.05) is 57.3 Å². The lowest BCUT2D eigenvalue weighted by Crippen LogP contribution is -2.53. The number of ketones is 1. The van der Waals surface area contributed by atoms with Crippen LogP contribution in [0.3, 0.4) is 0 Å². The molecular formula is C29H37N3O5S. The third kappa shape index (κ3) is 5.99. The topological polar surface area (TPSA) is 107 Å². The fourth-order valence-corrected chi connectivity index (χ4v) is 6.19. The molecule has 4 unspecified atom stereocenters. The van der Waals surface area contributed by atoms with Crippen molar-refractivity contribution in [2.75, 3.05) is 13.1 Å². The lowest BCUT2D eigenvalue weighted by atomic mass is 10.0. The van der Waals surface area contributed by atoms with Crippen molar-refractivity contribution in [3.05, 3.63) is 47.3 Å².